The Morgan fingerprint density at radius 1 is 1.56 bits per heavy atom. The molecule has 1 atom stereocenters. The van der Waals surface area contributed by atoms with Crippen LogP contribution in [-0.4, -0.2) is 28.0 Å². The minimum atomic E-state index is 0.538. The average molecular weight is 258 g/mol. The van der Waals surface area contributed by atoms with Crippen molar-refractivity contribution in [3.05, 3.63) is 17.0 Å². The van der Waals surface area contributed by atoms with Crippen molar-refractivity contribution >= 4 is 29.2 Å². The molecule has 2 rings (SSSR count). The zero-order valence-electron chi connectivity index (χ0n) is 9.53. The van der Waals surface area contributed by atoms with E-state index in [0.29, 0.717) is 16.3 Å². The number of thioether (sulfide) groups is 1. The van der Waals surface area contributed by atoms with Crippen LogP contribution in [0.15, 0.2) is 6.07 Å². The number of halogens is 1. The first kappa shape index (κ1) is 12.0. The van der Waals surface area contributed by atoms with E-state index in [9.17, 15) is 0 Å². The van der Waals surface area contributed by atoms with E-state index in [0.717, 1.165) is 18.2 Å². The monoisotopic (exact) mass is 257 g/mol. The zero-order valence-corrected chi connectivity index (χ0v) is 11.1. The normalized spacial score (nSPS) is 17.2. The highest BCUT2D eigenvalue weighted by atomic mass is 35.5. The van der Waals surface area contributed by atoms with Gasteiger partial charge in [0.1, 0.15) is 16.8 Å². The Kier molecular flexibility index (Phi) is 3.92. The maximum atomic E-state index is 5.97. The minimum Gasteiger partial charge on any atom is -0.369 e. The lowest BCUT2D eigenvalue weighted by Crippen LogP contribution is -2.14. The largest absolute Gasteiger partial charge is 0.369 e. The van der Waals surface area contributed by atoms with Crippen molar-refractivity contribution in [2.75, 3.05) is 18.1 Å². The number of nitrogens with one attached hydrogen (secondary N) is 1. The molecule has 5 heteroatoms. The molecule has 1 unspecified atom stereocenters. The van der Waals surface area contributed by atoms with Gasteiger partial charge in [0.15, 0.2) is 0 Å². The minimum absolute atomic E-state index is 0.538. The molecule has 1 heterocycles. The predicted molar refractivity (Wildman–Crippen MR) is 70.5 cm³/mol. The second-order valence-corrected chi connectivity index (χ2v) is 5.80. The van der Waals surface area contributed by atoms with Gasteiger partial charge in [0, 0.05) is 23.8 Å². The summed E-state index contributed by atoms with van der Waals surface area (Å²) in [5.74, 6) is 2.28. The molecule has 0 amide bonds. The highest BCUT2D eigenvalue weighted by molar-refractivity contribution is 7.99. The van der Waals surface area contributed by atoms with Crippen molar-refractivity contribution in [1.82, 2.24) is 9.97 Å². The van der Waals surface area contributed by atoms with E-state index in [-0.39, 0.29) is 0 Å². The fourth-order valence-corrected chi connectivity index (χ4v) is 1.82. The molecule has 1 aliphatic carbocycles. The van der Waals surface area contributed by atoms with Gasteiger partial charge in [-0.3, -0.25) is 0 Å². The summed E-state index contributed by atoms with van der Waals surface area (Å²) in [6.45, 7) is 3.08. The van der Waals surface area contributed by atoms with Gasteiger partial charge in [0.25, 0.3) is 0 Å². The smallest absolute Gasteiger partial charge is 0.135 e. The molecule has 3 nitrogen and oxygen atoms in total. The van der Waals surface area contributed by atoms with Crippen molar-refractivity contribution in [3.63, 3.8) is 0 Å². The molecule has 1 aromatic rings. The topological polar surface area (TPSA) is 37.8 Å². The van der Waals surface area contributed by atoms with Crippen LogP contribution in [0.25, 0.3) is 0 Å². The standard InChI is InChI=1S/C11H16ClN3S/c1-7(16-2)6-13-10-5-9(12)14-11(15-10)8-3-4-8/h5,7-8H,3-4,6H2,1-2H3,(H,13,14,15). The summed E-state index contributed by atoms with van der Waals surface area (Å²) in [5.41, 5.74) is 0. The summed E-state index contributed by atoms with van der Waals surface area (Å²) in [7, 11) is 0. The number of hydrogen-bond donors (Lipinski definition) is 1. The van der Waals surface area contributed by atoms with Crippen molar-refractivity contribution in [2.24, 2.45) is 0 Å². The first-order chi connectivity index (χ1) is 7.69. The van der Waals surface area contributed by atoms with Gasteiger partial charge < -0.3 is 5.32 Å². The van der Waals surface area contributed by atoms with Gasteiger partial charge in [-0.25, -0.2) is 9.97 Å². The van der Waals surface area contributed by atoms with Crippen LogP contribution in [0.3, 0.4) is 0 Å². The van der Waals surface area contributed by atoms with E-state index in [2.05, 4.69) is 28.5 Å². The second-order valence-electron chi connectivity index (χ2n) is 4.14. The summed E-state index contributed by atoms with van der Waals surface area (Å²) in [4.78, 5) is 8.74. The number of nitrogens with zero attached hydrogens (tertiary/aromatic N) is 2. The Morgan fingerprint density at radius 2 is 2.31 bits per heavy atom. The van der Waals surface area contributed by atoms with E-state index in [1.54, 1.807) is 6.07 Å². The van der Waals surface area contributed by atoms with Crippen LogP contribution < -0.4 is 5.32 Å². The molecule has 1 N–H and O–H groups in total. The highest BCUT2D eigenvalue weighted by Gasteiger charge is 2.27. The van der Waals surface area contributed by atoms with E-state index in [1.807, 2.05) is 11.8 Å². The van der Waals surface area contributed by atoms with Crippen molar-refractivity contribution < 1.29 is 0 Å². The average Bonchev–Trinajstić information content (AvgIpc) is 3.09. The Morgan fingerprint density at radius 3 is 2.94 bits per heavy atom. The van der Waals surface area contributed by atoms with Gasteiger partial charge in [0.2, 0.25) is 0 Å². The predicted octanol–water partition coefficient (Wildman–Crippen LogP) is 3.17. The quantitative estimate of drug-likeness (QED) is 0.823. The second kappa shape index (κ2) is 5.23. The SMILES string of the molecule is CSC(C)CNc1cc(Cl)nc(C2CC2)n1. The lowest BCUT2D eigenvalue weighted by molar-refractivity contribution is 0.913. The van der Waals surface area contributed by atoms with Gasteiger partial charge in [-0.15, -0.1) is 0 Å². The molecule has 0 saturated heterocycles. The third kappa shape index (κ3) is 3.25. The van der Waals surface area contributed by atoms with Gasteiger partial charge in [-0.1, -0.05) is 18.5 Å². The number of hydrogen-bond acceptors (Lipinski definition) is 4. The van der Waals surface area contributed by atoms with Crippen LogP contribution in [0.2, 0.25) is 5.15 Å². The summed E-state index contributed by atoms with van der Waals surface area (Å²) in [6.07, 6.45) is 4.50. The fourth-order valence-electron chi connectivity index (χ4n) is 1.38. The molecule has 0 bridgehead atoms. The maximum absolute atomic E-state index is 5.97. The molecule has 1 fully saturated rings. The molecular weight excluding hydrogens is 242 g/mol. The summed E-state index contributed by atoms with van der Waals surface area (Å²) in [6, 6.07) is 1.79. The first-order valence-electron chi connectivity index (χ1n) is 5.50. The molecule has 1 aliphatic rings. The fraction of sp³-hybridized carbons (Fsp3) is 0.636. The van der Waals surface area contributed by atoms with Crippen LogP contribution in [0.4, 0.5) is 5.82 Å². The van der Waals surface area contributed by atoms with Gasteiger partial charge in [0.05, 0.1) is 0 Å². The van der Waals surface area contributed by atoms with Crippen LogP contribution >= 0.6 is 23.4 Å². The first-order valence-corrected chi connectivity index (χ1v) is 7.16. The number of aromatic nitrogens is 2. The lowest BCUT2D eigenvalue weighted by atomic mass is 10.4. The molecule has 0 radical (unpaired) electrons. The molecule has 16 heavy (non-hydrogen) atoms. The van der Waals surface area contributed by atoms with Crippen LogP contribution in [0, 0.1) is 0 Å². The Balaban J connectivity index is 2.02. The highest BCUT2D eigenvalue weighted by Crippen LogP contribution is 2.38. The van der Waals surface area contributed by atoms with Crippen molar-refractivity contribution in [1.29, 1.82) is 0 Å². The number of rotatable bonds is 5. The van der Waals surface area contributed by atoms with E-state index in [1.165, 1.54) is 12.8 Å². The van der Waals surface area contributed by atoms with E-state index >= 15 is 0 Å². The molecule has 0 spiro atoms. The van der Waals surface area contributed by atoms with Gasteiger partial charge in [-0.05, 0) is 19.1 Å². The molecule has 0 aliphatic heterocycles. The third-order valence-corrected chi connectivity index (χ3v) is 3.79. The zero-order chi connectivity index (χ0) is 11.5. The maximum Gasteiger partial charge on any atom is 0.135 e. The molecule has 88 valence electrons. The van der Waals surface area contributed by atoms with Crippen LogP contribution in [-0.2, 0) is 0 Å². The Labute approximate surface area is 105 Å². The summed E-state index contributed by atoms with van der Waals surface area (Å²) >= 11 is 7.81. The Bertz CT molecular complexity index is 368. The summed E-state index contributed by atoms with van der Waals surface area (Å²) < 4.78 is 0. The van der Waals surface area contributed by atoms with E-state index in [4.69, 9.17) is 11.6 Å². The van der Waals surface area contributed by atoms with Gasteiger partial charge in [-0.2, -0.15) is 11.8 Å². The lowest BCUT2D eigenvalue weighted by Gasteiger charge is -2.11. The van der Waals surface area contributed by atoms with Crippen molar-refractivity contribution in [2.45, 2.75) is 30.9 Å². The summed E-state index contributed by atoms with van der Waals surface area (Å²) in [5, 5.41) is 4.41. The molecule has 1 saturated carbocycles. The molecule has 1 aromatic heterocycles. The Hall–Kier alpha value is -0.480. The van der Waals surface area contributed by atoms with Crippen LogP contribution in [0.1, 0.15) is 31.5 Å². The number of anilines is 1. The van der Waals surface area contributed by atoms with E-state index < -0.39 is 0 Å². The van der Waals surface area contributed by atoms with Crippen LogP contribution in [0.5, 0.6) is 0 Å². The molecule has 0 aromatic carbocycles. The van der Waals surface area contributed by atoms with Crippen molar-refractivity contribution in [3.8, 4) is 0 Å². The van der Waals surface area contributed by atoms with Gasteiger partial charge >= 0.3 is 0 Å². The third-order valence-electron chi connectivity index (χ3n) is 2.63. The molecular formula is C11H16ClN3S.